The third-order valence-electron chi connectivity index (χ3n) is 3.54. The van der Waals surface area contributed by atoms with Gasteiger partial charge in [-0.25, -0.2) is 8.42 Å². The Morgan fingerprint density at radius 3 is 2.69 bits per heavy atom. The monoisotopic (exact) mass is 426 g/mol. The van der Waals surface area contributed by atoms with Crippen molar-refractivity contribution in [2.75, 3.05) is 18.2 Å². The second kappa shape index (κ2) is 11.6. The van der Waals surface area contributed by atoms with Gasteiger partial charge in [-0.15, -0.1) is 24.8 Å². The summed E-state index contributed by atoms with van der Waals surface area (Å²) in [6, 6.07) is 5.71. The Bertz CT molecular complexity index is 686. The summed E-state index contributed by atoms with van der Waals surface area (Å²) in [5, 5.41) is 6.40. The number of halogens is 2. The molecule has 26 heavy (non-hydrogen) atoms. The van der Waals surface area contributed by atoms with Crippen molar-refractivity contribution in [1.82, 2.24) is 10.0 Å². The van der Waals surface area contributed by atoms with Gasteiger partial charge in [0.05, 0.1) is 19.1 Å². The second-order valence-corrected chi connectivity index (χ2v) is 7.71. The number of unbranched alkanes of at least 4 members (excludes halogenated alkanes) is 1. The first-order chi connectivity index (χ1) is 11.4. The molecule has 1 aliphatic heterocycles. The van der Waals surface area contributed by atoms with Gasteiger partial charge in [0.25, 0.3) is 0 Å². The molecule has 0 saturated heterocycles. The molecule has 0 radical (unpaired) electrons. The highest BCUT2D eigenvalue weighted by Crippen LogP contribution is 2.33. The van der Waals surface area contributed by atoms with E-state index < -0.39 is 10.0 Å². The first-order valence-corrected chi connectivity index (χ1v) is 10.1. The van der Waals surface area contributed by atoms with E-state index in [4.69, 9.17) is 4.74 Å². The van der Waals surface area contributed by atoms with Crippen molar-refractivity contribution < 1.29 is 13.2 Å². The molecule has 1 aliphatic rings. The van der Waals surface area contributed by atoms with Crippen molar-refractivity contribution >= 4 is 52.4 Å². The topological polar surface area (TPSA) is 91.8 Å². The first kappa shape index (κ1) is 24.9. The molecule has 0 amide bonds. The Morgan fingerprint density at radius 2 is 2.04 bits per heavy atom. The van der Waals surface area contributed by atoms with E-state index in [0.29, 0.717) is 6.67 Å². The maximum absolute atomic E-state index is 11.4. The molecule has 0 aliphatic carbocycles. The van der Waals surface area contributed by atoms with Gasteiger partial charge >= 0.3 is 0 Å². The summed E-state index contributed by atoms with van der Waals surface area (Å²) in [6.07, 6.45) is 5.34. The van der Waals surface area contributed by atoms with Crippen molar-refractivity contribution in [2.24, 2.45) is 4.99 Å². The number of ether oxygens (including phenoxy) is 1. The molecule has 1 aromatic rings. The van der Waals surface area contributed by atoms with Gasteiger partial charge in [-0.05, 0) is 31.5 Å². The third kappa shape index (κ3) is 8.55. The molecule has 0 fully saturated rings. The molecule has 1 aromatic carbocycles. The van der Waals surface area contributed by atoms with Crippen LogP contribution in [0.1, 0.15) is 33.1 Å². The fraction of sp³-hybridized carbons (Fsp3) is 0.562. The molecule has 0 bridgehead atoms. The van der Waals surface area contributed by atoms with Crippen LogP contribution in [0.2, 0.25) is 0 Å². The fourth-order valence-electron chi connectivity index (χ4n) is 2.39. The fourth-order valence-corrected chi connectivity index (χ4v) is 3.11. The maximum Gasteiger partial charge on any atom is 0.210 e. The normalized spacial score (nSPS) is 16.5. The van der Waals surface area contributed by atoms with Crippen LogP contribution in [0.15, 0.2) is 23.2 Å². The highest BCUT2D eigenvalue weighted by atomic mass is 35.5. The van der Waals surface area contributed by atoms with E-state index in [2.05, 4.69) is 27.3 Å². The van der Waals surface area contributed by atoms with Gasteiger partial charge in [0, 0.05) is 11.9 Å². The van der Waals surface area contributed by atoms with Gasteiger partial charge in [-0.2, -0.15) is 4.72 Å². The summed E-state index contributed by atoms with van der Waals surface area (Å²) < 4.78 is 31.1. The van der Waals surface area contributed by atoms with Crippen LogP contribution >= 0.6 is 24.8 Å². The zero-order chi connectivity index (χ0) is 17.6. The number of benzene rings is 1. The minimum absolute atomic E-state index is 0. The van der Waals surface area contributed by atoms with Crippen LogP contribution in [0.5, 0.6) is 5.75 Å². The van der Waals surface area contributed by atoms with E-state index in [9.17, 15) is 8.42 Å². The zero-order valence-electron chi connectivity index (χ0n) is 15.2. The van der Waals surface area contributed by atoms with Crippen LogP contribution in [0.4, 0.5) is 11.4 Å². The van der Waals surface area contributed by atoms with Gasteiger partial charge in [0.15, 0.2) is 0 Å². The van der Waals surface area contributed by atoms with E-state index in [1.54, 1.807) is 6.21 Å². The largest absolute Gasteiger partial charge is 0.483 e. The molecular formula is C16H28Cl2N4O3S. The second-order valence-electron chi connectivity index (χ2n) is 5.93. The SMILES string of the molecule is CCCCC(NCNc1ccc2c(c1)N=CC(C)O2)NS(C)(=O)=O.Cl.Cl. The maximum atomic E-state index is 11.4. The highest BCUT2D eigenvalue weighted by Gasteiger charge is 2.14. The van der Waals surface area contributed by atoms with E-state index in [1.807, 2.05) is 25.1 Å². The highest BCUT2D eigenvalue weighted by molar-refractivity contribution is 7.88. The zero-order valence-corrected chi connectivity index (χ0v) is 17.6. The smallest absolute Gasteiger partial charge is 0.210 e. The number of hydrogen-bond donors (Lipinski definition) is 3. The molecule has 150 valence electrons. The summed E-state index contributed by atoms with van der Waals surface area (Å²) in [7, 11) is -3.24. The van der Waals surface area contributed by atoms with Crippen molar-refractivity contribution in [3.63, 3.8) is 0 Å². The molecule has 3 N–H and O–H groups in total. The first-order valence-electron chi connectivity index (χ1n) is 8.17. The number of sulfonamides is 1. The summed E-state index contributed by atoms with van der Waals surface area (Å²) in [5.41, 5.74) is 1.68. The Morgan fingerprint density at radius 1 is 1.31 bits per heavy atom. The van der Waals surface area contributed by atoms with Crippen molar-refractivity contribution in [2.45, 2.75) is 45.4 Å². The number of aliphatic imine (C=N–C) groups is 1. The molecule has 10 heteroatoms. The molecule has 2 atom stereocenters. The van der Waals surface area contributed by atoms with Crippen LogP contribution in [-0.4, -0.2) is 39.8 Å². The van der Waals surface area contributed by atoms with Crippen LogP contribution < -0.4 is 20.1 Å². The molecule has 0 aromatic heterocycles. The Labute approximate surface area is 168 Å². The average Bonchev–Trinajstić information content (AvgIpc) is 2.51. The molecule has 7 nitrogen and oxygen atoms in total. The molecule has 2 rings (SSSR count). The standard InChI is InChI=1S/C16H26N4O3S.2ClH/c1-4-5-6-16(20-24(3,21)22)19-11-18-13-7-8-15-14(9-13)17-10-12(2)23-15;;/h7-10,12,16,18-20H,4-6,11H2,1-3H3;2*1H. The molecule has 0 spiro atoms. The van der Waals surface area contributed by atoms with Crippen molar-refractivity contribution in [1.29, 1.82) is 0 Å². The van der Waals surface area contributed by atoms with Gasteiger partial charge in [0.1, 0.15) is 17.5 Å². The van der Waals surface area contributed by atoms with Gasteiger partial charge in [-0.3, -0.25) is 10.3 Å². The van der Waals surface area contributed by atoms with Crippen molar-refractivity contribution in [3.05, 3.63) is 18.2 Å². The number of rotatable bonds is 9. The summed E-state index contributed by atoms with van der Waals surface area (Å²) >= 11 is 0. The molecule has 1 heterocycles. The quantitative estimate of drug-likeness (QED) is 0.527. The van der Waals surface area contributed by atoms with Gasteiger partial charge < -0.3 is 10.1 Å². The minimum atomic E-state index is -3.24. The lowest BCUT2D eigenvalue weighted by Crippen LogP contribution is -2.46. The Kier molecular flexibility index (Phi) is 11.1. The predicted octanol–water partition coefficient (Wildman–Crippen LogP) is 3.04. The van der Waals surface area contributed by atoms with Gasteiger partial charge in [0.2, 0.25) is 10.0 Å². The lowest BCUT2D eigenvalue weighted by Gasteiger charge is -2.21. The van der Waals surface area contributed by atoms with E-state index in [0.717, 1.165) is 36.4 Å². The van der Waals surface area contributed by atoms with Crippen LogP contribution in [0, 0.1) is 0 Å². The number of nitrogens with zero attached hydrogens (tertiary/aromatic N) is 1. The van der Waals surface area contributed by atoms with Crippen LogP contribution in [0.3, 0.4) is 0 Å². The summed E-state index contributed by atoms with van der Waals surface area (Å²) in [4.78, 5) is 4.36. The predicted molar refractivity (Wildman–Crippen MR) is 112 cm³/mol. The number of anilines is 1. The van der Waals surface area contributed by atoms with Crippen LogP contribution in [0.25, 0.3) is 0 Å². The van der Waals surface area contributed by atoms with Crippen molar-refractivity contribution in [3.8, 4) is 5.75 Å². The minimum Gasteiger partial charge on any atom is -0.483 e. The third-order valence-corrected chi connectivity index (χ3v) is 4.25. The van der Waals surface area contributed by atoms with Crippen LogP contribution in [-0.2, 0) is 10.0 Å². The van der Waals surface area contributed by atoms with E-state index >= 15 is 0 Å². The Hall–Kier alpha value is -1.06. The lowest BCUT2D eigenvalue weighted by atomic mass is 10.2. The number of nitrogens with one attached hydrogen (secondary N) is 3. The molecule has 2 unspecified atom stereocenters. The average molecular weight is 427 g/mol. The summed E-state index contributed by atoms with van der Waals surface area (Å²) in [6.45, 7) is 4.46. The number of hydrogen-bond acceptors (Lipinski definition) is 6. The Balaban J connectivity index is 0.00000312. The lowest BCUT2D eigenvalue weighted by molar-refractivity contribution is 0.288. The number of fused-ring (bicyclic) bond motifs is 1. The molecule has 0 saturated carbocycles. The molecular weight excluding hydrogens is 399 g/mol. The van der Waals surface area contributed by atoms with Gasteiger partial charge in [-0.1, -0.05) is 19.8 Å². The van der Waals surface area contributed by atoms with E-state index in [-0.39, 0.29) is 37.1 Å². The summed E-state index contributed by atoms with van der Waals surface area (Å²) in [5.74, 6) is 0.767. The van der Waals surface area contributed by atoms with E-state index in [1.165, 1.54) is 6.26 Å².